The van der Waals surface area contributed by atoms with Gasteiger partial charge in [-0.25, -0.2) is 22.6 Å². The third-order valence-electron chi connectivity index (χ3n) is 4.37. The van der Waals surface area contributed by atoms with Crippen LogP contribution in [0.5, 0.6) is 5.75 Å². The van der Waals surface area contributed by atoms with Gasteiger partial charge in [0, 0.05) is 24.9 Å². The van der Waals surface area contributed by atoms with Gasteiger partial charge in [-0.2, -0.15) is 4.98 Å². The quantitative estimate of drug-likeness (QED) is 0.433. The lowest BCUT2D eigenvalue weighted by atomic mass is 10.1. The molecule has 0 aliphatic rings. The van der Waals surface area contributed by atoms with Crippen LogP contribution in [0.3, 0.4) is 0 Å². The number of fused-ring (bicyclic) bond motifs is 1. The van der Waals surface area contributed by atoms with E-state index in [1.54, 1.807) is 12.1 Å². The fourth-order valence-electron chi connectivity index (χ4n) is 2.88. The number of alkyl halides is 1. The second kappa shape index (κ2) is 9.51. The lowest BCUT2D eigenvalue weighted by Crippen LogP contribution is -2.31. The maximum Gasteiger partial charge on any atom is 0.423 e. The SMILES string of the molecule is COc1cc(S(C)(=O)=O)ccc1N(C(=O)OC(Cl)CC(C)C)c1nc2ccc(Cl)cn2n1. The third kappa shape index (κ3) is 5.43. The number of hydrogen-bond acceptors (Lipinski definition) is 7. The first-order chi connectivity index (χ1) is 15.0. The molecule has 0 N–H and O–H groups in total. The molecule has 32 heavy (non-hydrogen) atoms. The fraction of sp³-hybridized carbons (Fsp3) is 0.350. The van der Waals surface area contributed by atoms with Crippen LogP contribution in [0.1, 0.15) is 20.3 Å². The Morgan fingerprint density at radius 2 is 1.97 bits per heavy atom. The number of aromatic nitrogens is 3. The van der Waals surface area contributed by atoms with Crippen LogP contribution in [-0.2, 0) is 14.6 Å². The highest BCUT2D eigenvalue weighted by Gasteiger charge is 2.29. The van der Waals surface area contributed by atoms with Gasteiger partial charge in [0.15, 0.2) is 21.0 Å². The van der Waals surface area contributed by atoms with Crippen molar-refractivity contribution in [1.82, 2.24) is 14.6 Å². The average Bonchev–Trinajstić information content (AvgIpc) is 3.09. The number of carbonyl (C=O) groups is 1. The summed E-state index contributed by atoms with van der Waals surface area (Å²) in [6.07, 6.45) is 2.19. The minimum atomic E-state index is -3.51. The molecule has 0 aliphatic carbocycles. The molecule has 0 saturated heterocycles. The van der Waals surface area contributed by atoms with Gasteiger partial charge >= 0.3 is 6.09 Å². The number of anilines is 2. The predicted octanol–water partition coefficient (Wildman–Crippen LogP) is 4.68. The molecule has 0 fully saturated rings. The molecule has 1 aromatic carbocycles. The Morgan fingerprint density at radius 3 is 2.59 bits per heavy atom. The molecule has 2 heterocycles. The van der Waals surface area contributed by atoms with Gasteiger partial charge in [0.1, 0.15) is 5.75 Å². The summed E-state index contributed by atoms with van der Waals surface area (Å²) in [5, 5.41) is 4.74. The molecule has 1 amide bonds. The minimum Gasteiger partial charge on any atom is -0.495 e. The van der Waals surface area contributed by atoms with Crippen LogP contribution in [-0.4, -0.2) is 48.0 Å². The summed E-state index contributed by atoms with van der Waals surface area (Å²) in [4.78, 5) is 18.6. The van der Waals surface area contributed by atoms with Crippen molar-refractivity contribution in [2.24, 2.45) is 5.92 Å². The zero-order valence-electron chi connectivity index (χ0n) is 17.8. The number of halogens is 2. The average molecular weight is 501 g/mol. The summed E-state index contributed by atoms with van der Waals surface area (Å²) < 4.78 is 36.1. The zero-order valence-corrected chi connectivity index (χ0v) is 20.1. The molecule has 0 spiro atoms. The molecule has 12 heteroatoms. The largest absolute Gasteiger partial charge is 0.495 e. The van der Waals surface area contributed by atoms with Crippen molar-refractivity contribution < 1.29 is 22.7 Å². The van der Waals surface area contributed by atoms with E-state index in [0.717, 1.165) is 11.2 Å². The van der Waals surface area contributed by atoms with Crippen LogP contribution < -0.4 is 9.64 Å². The predicted molar refractivity (Wildman–Crippen MR) is 122 cm³/mol. The van der Waals surface area contributed by atoms with Crippen LogP contribution in [0.4, 0.5) is 16.4 Å². The van der Waals surface area contributed by atoms with E-state index in [-0.39, 0.29) is 28.2 Å². The van der Waals surface area contributed by atoms with E-state index in [1.165, 1.54) is 36.0 Å². The van der Waals surface area contributed by atoms with Gasteiger partial charge in [0.2, 0.25) is 0 Å². The Labute approximate surface area is 195 Å². The van der Waals surface area contributed by atoms with Gasteiger partial charge in [0.05, 0.1) is 22.7 Å². The monoisotopic (exact) mass is 500 g/mol. The van der Waals surface area contributed by atoms with Crippen molar-refractivity contribution in [3.63, 3.8) is 0 Å². The van der Waals surface area contributed by atoms with Crippen molar-refractivity contribution >= 4 is 56.4 Å². The van der Waals surface area contributed by atoms with Crippen LogP contribution in [0.15, 0.2) is 41.4 Å². The number of ether oxygens (including phenoxy) is 2. The molecule has 0 radical (unpaired) electrons. The van der Waals surface area contributed by atoms with Crippen molar-refractivity contribution in [3.8, 4) is 5.75 Å². The fourth-order valence-corrected chi connectivity index (χ4v) is 4.11. The number of benzene rings is 1. The Bertz CT molecular complexity index is 1250. The number of sulfone groups is 1. The molecular formula is C20H22Cl2N4O5S. The highest BCUT2D eigenvalue weighted by atomic mass is 35.5. The molecule has 0 aliphatic heterocycles. The smallest absolute Gasteiger partial charge is 0.423 e. The highest BCUT2D eigenvalue weighted by Crippen LogP contribution is 2.35. The molecule has 172 valence electrons. The molecule has 9 nitrogen and oxygen atoms in total. The van der Waals surface area contributed by atoms with E-state index in [0.29, 0.717) is 17.1 Å². The van der Waals surface area contributed by atoms with E-state index >= 15 is 0 Å². The first-order valence-electron chi connectivity index (χ1n) is 9.54. The Kier molecular flexibility index (Phi) is 7.16. The maximum atomic E-state index is 13.2. The number of methoxy groups -OCH3 is 1. The van der Waals surface area contributed by atoms with Crippen molar-refractivity contribution in [1.29, 1.82) is 0 Å². The molecule has 3 aromatic rings. The van der Waals surface area contributed by atoms with Crippen LogP contribution in [0.25, 0.3) is 5.65 Å². The normalized spacial score (nSPS) is 12.7. The lowest BCUT2D eigenvalue weighted by molar-refractivity contribution is 0.133. The molecule has 0 saturated carbocycles. The first kappa shape index (κ1) is 24.1. The van der Waals surface area contributed by atoms with Crippen molar-refractivity contribution in [3.05, 3.63) is 41.6 Å². The maximum absolute atomic E-state index is 13.2. The van der Waals surface area contributed by atoms with Gasteiger partial charge in [-0.3, -0.25) is 0 Å². The number of pyridine rings is 1. The van der Waals surface area contributed by atoms with Crippen molar-refractivity contribution in [2.75, 3.05) is 18.3 Å². The number of hydrogen-bond donors (Lipinski definition) is 0. The van der Waals surface area contributed by atoms with Crippen molar-refractivity contribution in [2.45, 2.75) is 30.7 Å². The van der Waals surface area contributed by atoms with Gasteiger partial charge in [-0.15, -0.1) is 5.10 Å². The van der Waals surface area contributed by atoms with E-state index in [1.807, 2.05) is 13.8 Å². The topological polar surface area (TPSA) is 103 Å². The number of carbonyl (C=O) groups excluding carboxylic acids is 1. The number of rotatable bonds is 7. The van der Waals surface area contributed by atoms with E-state index in [9.17, 15) is 13.2 Å². The molecule has 1 atom stereocenters. The van der Waals surface area contributed by atoms with Crippen LogP contribution >= 0.6 is 23.2 Å². The molecule has 2 aromatic heterocycles. The second-order valence-electron chi connectivity index (χ2n) is 7.43. The number of nitrogens with zero attached hydrogens (tertiary/aromatic N) is 4. The van der Waals surface area contributed by atoms with Gasteiger partial charge in [-0.1, -0.05) is 37.0 Å². The van der Waals surface area contributed by atoms with Crippen LogP contribution in [0, 0.1) is 5.92 Å². The molecule has 3 rings (SSSR count). The second-order valence-corrected chi connectivity index (χ2v) is 10.4. The standard InChI is InChI=1S/C20H22Cl2N4O5S/c1-12(2)9-17(22)31-20(27)26(19-23-18-8-5-13(21)11-25(18)24-19)15-7-6-14(32(4,28)29)10-16(15)30-3/h5-8,10-12,17H,9H2,1-4H3. The van der Waals surface area contributed by atoms with Crippen LogP contribution in [0.2, 0.25) is 5.02 Å². The third-order valence-corrected chi connectivity index (χ3v) is 5.97. The summed E-state index contributed by atoms with van der Waals surface area (Å²) in [6.45, 7) is 3.89. The van der Waals surface area contributed by atoms with Gasteiger partial charge in [0.25, 0.3) is 5.95 Å². The highest BCUT2D eigenvalue weighted by molar-refractivity contribution is 7.90. The van der Waals surface area contributed by atoms with E-state index in [4.69, 9.17) is 32.7 Å². The molecular weight excluding hydrogens is 479 g/mol. The van der Waals surface area contributed by atoms with E-state index < -0.39 is 21.5 Å². The van der Waals surface area contributed by atoms with Gasteiger partial charge < -0.3 is 9.47 Å². The summed E-state index contributed by atoms with van der Waals surface area (Å²) >= 11 is 12.2. The Balaban J connectivity index is 2.12. The summed E-state index contributed by atoms with van der Waals surface area (Å²) in [5.74, 6) is 0.269. The summed E-state index contributed by atoms with van der Waals surface area (Å²) in [6, 6.07) is 7.35. The first-order valence-corrected chi connectivity index (χ1v) is 12.2. The summed E-state index contributed by atoms with van der Waals surface area (Å²) in [7, 11) is -2.15. The Morgan fingerprint density at radius 1 is 1.25 bits per heavy atom. The summed E-state index contributed by atoms with van der Waals surface area (Å²) in [5.41, 5.74) is -0.281. The zero-order chi connectivity index (χ0) is 23.6. The molecule has 0 bridgehead atoms. The van der Waals surface area contributed by atoms with Gasteiger partial charge in [-0.05, 0) is 30.2 Å². The molecule has 1 unspecified atom stereocenters. The Hall–Kier alpha value is -2.56. The minimum absolute atomic E-state index is 0.0242. The number of amides is 1. The lowest BCUT2D eigenvalue weighted by Gasteiger charge is -2.23. The van der Waals surface area contributed by atoms with E-state index in [2.05, 4.69) is 10.1 Å².